The molecule has 1 aliphatic rings. The van der Waals surface area contributed by atoms with Crippen LogP contribution < -0.4 is 5.56 Å². The number of H-pyrrole nitrogens is 1. The second-order valence-corrected chi connectivity index (χ2v) is 4.70. The Kier molecular flexibility index (Phi) is 3.47. The molecule has 1 aromatic rings. The molecule has 2 N–H and O–H groups in total. The number of nitrogens with one attached hydrogen (secondary N) is 1. The zero-order valence-corrected chi connectivity index (χ0v) is 10.3. The Morgan fingerprint density at radius 2 is 2.35 bits per heavy atom. The molecule has 17 heavy (non-hydrogen) atoms. The van der Waals surface area contributed by atoms with E-state index in [1.807, 2.05) is 0 Å². The molecule has 0 bridgehead atoms. The first kappa shape index (κ1) is 12.1. The van der Waals surface area contributed by atoms with Gasteiger partial charge in [0.2, 0.25) is 5.88 Å². The van der Waals surface area contributed by atoms with E-state index in [4.69, 9.17) is 0 Å². The molecule has 0 aliphatic carbocycles. The second-order valence-electron chi connectivity index (χ2n) is 4.70. The lowest BCUT2D eigenvalue weighted by atomic mass is 9.93. The van der Waals surface area contributed by atoms with Crippen molar-refractivity contribution in [3.05, 3.63) is 22.2 Å². The number of hydrogen-bond acceptors (Lipinski definition) is 4. The number of piperidine rings is 1. The molecule has 2 rings (SSSR count). The molecule has 1 aliphatic heterocycles. The van der Waals surface area contributed by atoms with Gasteiger partial charge in [-0.2, -0.15) is 4.98 Å². The molecule has 0 aromatic carbocycles. The summed E-state index contributed by atoms with van der Waals surface area (Å²) in [5, 5.41) is 9.35. The summed E-state index contributed by atoms with van der Waals surface area (Å²) < 4.78 is 0. The Morgan fingerprint density at radius 3 is 3.00 bits per heavy atom. The van der Waals surface area contributed by atoms with E-state index in [2.05, 4.69) is 28.7 Å². The lowest BCUT2D eigenvalue weighted by molar-refractivity contribution is 0.149. The number of likely N-dealkylation sites (tertiary alicyclic amines) is 1. The number of likely N-dealkylation sites (N-methyl/N-ethyl adjacent to an activating group) is 1. The van der Waals surface area contributed by atoms with Gasteiger partial charge in [0.1, 0.15) is 5.82 Å². The van der Waals surface area contributed by atoms with Crippen molar-refractivity contribution >= 4 is 0 Å². The summed E-state index contributed by atoms with van der Waals surface area (Å²) in [7, 11) is 0. The monoisotopic (exact) mass is 237 g/mol. The molecule has 0 saturated carbocycles. The predicted octanol–water partition coefficient (Wildman–Crippen LogP) is 1.06. The van der Waals surface area contributed by atoms with Gasteiger partial charge in [-0.3, -0.25) is 4.79 Å². The van der Waals surface area contributed by atoms with Crippen molar-refractivity contribution in [3.63, 3.8) is 0 Å². The van der Waals surface area contributed by atoms with Gasteiger partial charge in [-0.15, -0.1) is 0 Å². The second kappa shape index (κ2) is 4.87. The highest BCUT2D eigenvalue weighted by Crippen LogP contribution is 2.27. The highest BCUT2D eigenvalue weighted by Gasteiger charge is 2.26. The molecule has 5 heteroatoms. The maximum absolute atomic E-state index is 11.3. The topological polar surface area (TPSA) is 69.2 Å². The average molecular weight is 237 g/mol. The zero-order valence-electron chi connectivity index (χ0n) is 10.3. The number of aromatic amines is 1. The number of aromatic hydroxyl groups is 1. The third-order valence-electron chi connectivity index (χ3n) is 3.55. The molecular formula is C12H19N3O2. The van der Waals surface area contributed by atoms with Crippen LogP contribution in [0, 0.1) is 0 Å². The summed E-state index contributed by atoms with van der Waals surface area (Å²) in [4.78, 5) is 20.4. The van der Waals surface area contributed by atoms with Crippen molar-refractivity contribution in [2.24, 2.45) is 0 Å². The van der Waals surface area contributed by atoms with Crippen LogP contribution in [-0.2, 0) is 0 Å². The van der Waals surface area contributed by atoms with E-state index in [9.17, 15) is 9.90 Å². The molecule has 1 fully saturated rings. The fourth-order valence-electron chi connectivity index (χ4n) is 2.50. The van der Waals surface area contributed by atoms with E-state index in [1.165, 1.54) is 0 Å². The van der Waals surface area contributed by atoms with Crippen molar-refractivity contribution in [1.29, 1.82) is 0 Å². The SMILES string of the molecule is CCN1CC(c2nc(O)cc(=O)[nH]2)CCC1C. The van der Waals surface area contributed by atoms with Crippen molar-refractivity contribution in [2.75, 3.05) is 13.1 Å². The fourth-order valence-corrected chi connectivity index (χ4v) is 2.50. The molecular weight excluding hydrogens is 218 g/mol. The Labute approximate surface area is 100 Å². The van der Waals surface area contributed by atoms with E-state index in [-0.39, 0.29) is 17.4 Å². The van der Waals surface area contributed by atoms with Crippen LogP contribution in [0.3, 0.4) is 0 Å². The minimum atomic E-state index is -0.283. The van der Waals surface area contributed by atoms with Gasteiger partial charge < -0.3 is 15.0 Å². The lowest BCUT2D eigenvalue weighted by Gasteiger charge is -2.36. The quantitative estimate of drug-likeness (QED) is 0.807. The molecule has 5 nitrogen and oxygen atoms in total. The van der Waals surface area contributed by atoms with E-state index >= 15 is 0 Å². The van der Waals surface area contributed by atoms with Crippen LogP contribution in [0.1, 0.15) is 38.4 Å². The summed E-state index contributed by atoms with van der Waals surface area (Å²) in [6, 6.07) is 1.69. The fraction of sp³-hybridized carbons (Fsp3) is 0.667. The van der Waals surface area contributed by atoms with Gasteiger partial charge >= 0.3 is 0 Å². The minimum Gasteiger partial charge on any atom is -0.493 e. The largest absolute Gasteiger partial charge is 0.493 e. The number of aromatic nitrogens is 2. The highest BCUT2D eigenvalue weighted by molar-refractivity contribution is 5.10. The first-order valence-electron chi connectivity index (χ1n) is 6.14. The maximum atomic E-state index is 11.3. The first-order valence-corrected chi connectivity index (χ1v) is 6.14. The van der Waals surface area contributed by atoms with E-state index in [0.29, 0.717) is 11.9 Å². The number of hydrogen-bond donors (Lipinski definition) is 2. The number of rotatable bonds is 2. The molecule has 1 saturated heterocycles. The standard InChI is InChI=1S/C12H19N3O2/c1-3-15-7-9(5-4-8(15)2)12-13-10(16)6-11(17)14-12/h6,8-9H,3-5,7H2,1-2H3,(H2,13,14,16,17). The van der Waals surface area contributed by atoms with Crippen LogP contribution in [0.15, 0.2) is 10.9 Å². The molecule has 1 aromatic heterocycles. The summed E-state index contributed by atoms with van der Waals surface area (Å²) in [5.74, 6) is 0.636. The molecule has 0 radical (unpaired) electrons. The third-order valence-corrected chi connectivity index (χ3v) is 3.55. The van der Waals surface area contributed by atoms with Crippen LogP contribution in [-0.4, -0.2) is 39.1 Å². The number of nitrogens with zero attached hydrogens (tertiary/aromatic N) is 2. The Morgan fingerprint density at radius 1 is 1.59 bits per heavy atom. The van der Waals surface area contributed by atoms with Crippen LogP contribution in [0.5, 0.6) is 5.88 Å². The molecule has 2 heterocycles. The molecule has 0 spiro atoms. The first-order chi connectivity index (χ1) is 8.10. The molecule has 2 unspecified atom stereocenters. The summed E-state index contributed by atoms with van der Waals surface area (Å²) in [6.07, 6.45) is 2.10. The highest BCUT2D eigenvalue weighted by atomic mass is 16.3. The van der Waals surface area contributed by atoms with Crippen LogP contribution >= 0.6 is 0 Å². The van der Waals surface area contributed by atoms with Crippen LogP contribution in [0.2, 0.25) is 0 Å². The van der Waals surface area contributed by atoms with E-state index in [1.54, 1.807) is 0 Å². The van der Waals surface area contributed by atoms with Crippen LogP contribution in [0.4, 0.5) is 0 Å². The summed E-state index contributed by atoms with van der Waals surface area (Å²) >= 11 is 0. The molecule has 0 amide bonds. The zero-order chi connectivity index (χ0) is 12.4. The average Bonchev–Trinajstić information content (AvgIpc) is 2.28. The van der Waals surface area contributed by atoms with Gasteiger partial charge in [0.15, 0.2) is 0 Å². The predicted molar refractivity (Wildman–Crippen MR) is 65.2 cm³/mol. The molecule has 2 atom stereocenters. The van der Waals surface area contributed by atoms with Crippen LogP contribution in [0.25, 0.3) is 0 Å². The van der Waals surface area contributed by atoms with Gasteiger partial charge in [-0.05, 0) is 26.3 Å². The van der Waals surface area contributed by atoms with Crippen molar-refractivity contribution < 1.29 is 5.11 Å². The van der Waals surface area contributed by atoms with Gasteiger partial charge in [0, 0.05) is 18.5 Å². The smallest absolute Gasteiger partial charge is 0.254 e. The normalized spacial score (nSPS) is 26.0. The maximum Gasteiger partial charge on any atom is 0.254 e. The summed E-state index contributed by atoms with van der Waals surface area (Å²) in [5.41, 5.74) is -0.283. The summed E-state index contributed by atoms with van der Waals surface area (Å²) in [6.45, 7) is 6.25. The van der Waals surface area contributed by atoms with Crippen molar-refractivity contribution in [3.8, 4) is 5.88 Å². The van der Waals surface area contributed by atoms with Crippen molar-refractivity contribution in [2.45, 2.75) is 38.6 Å². The van der Waals surface area contributed by atoms with Gasteiger partial charge in [-0.25, -0.2) is 0 Å². The van der Waals surface area contributed by atoms with E-state index < -0.39 is 0 Å². The Balaban J connectivity index is 2.20. The van der Waals surface area contributed by atoms with Gasteiger partial charge in [0.05, 0.1) is 6.07 Å². The van der Waals surface area contributed by atoms with E-state index in [0.717, 1.165) is 32.0 Å². The third kappa shape index (κ3) is 2.66. The van der Waals surface area contributed by atoms with Gasteiger partial charge in [0.25, 0.3) is 5.56 Å². The Bertz CT molecular complexity index is 444. The van der Waals surface area contributed by atoms with Gasteiger partial charge in [-0.1, -0.05) is 6.92 Å². The Hall–Kier alpha value is -1.36. The lowest BCUT2D eigenvalue weighted by Crippen LogP contribution is -2.41. The minimum absolute atomic E-state index is 0.189. The molecule has 94 valence electrons. The van der Waals surface area contributed by atoms with Crippen molar-refractivity contribution in [1.82, 2.24) is 14.9 Å².